The number of para-hydroxylation sites is 1. The summed E-state index contributed by atoms with van der Waals surface area (Å²) in [6.07, 6.45) is 0.534. The molecule has 3 heterocycles. The second-order valence-corrected chi connectivity index (χ2v) is 8.19. The van der Waals surface area contributed by atoms with E-state index < -0.39 is 18.1 Å². The van der Waals surface area contributed by atoms with Crippen molar-refractivity contribution in [2.75, 3.05) is 36.5 Å². The van der Waals surface area contributed by atoms with Crippen LogP contribution in [0.3, 0.4) is 0 Å². The third-order valence-corrected chi connectivity index (χ3v) is 5.82. The lowest BCUT2D eigenvalue weighted by molar-refractivity contribution is -0.117. The number of nitrogens with zero attached hydrogens (tertiary/aromatic N) is 3. The second kappa shape index (κ2) is 10.4. The van der Waals surface area contributed by atoms with Crippen LogP contribution >= 0.6 is 0 Å². The Balaban J connectivity index is 1.30. The molecule has 0 aliphatic carbocycles. The summed E-state index contributed by atoms with van der Waals surface area (Å²) in [7, 11) is 0. The first-order valence-corrected chi connectivity index (χ1v) is 11.5. The normalized spacial score (nSPS) is 17.2. The van der Waals surface area contributed by atoms with Crippen molar-refractivity contribution in [2.45, 2.75) is 6.17 Å². The predicted octanol–water partition coefficient (Wildman–Crippen LogP) is 2.60. The quantitative estimate of drug-likeness (QED) is 0.333. The van der Waals surface area contributed by atoms with Crippen molar-refractivity contribution in [1.82, 2.24) is 10.3 Å². The number of hydrogen-bond donors (Lipinski definition) is 4. The smallest absolute Gasteiger partial charge is 0.290 e. The van der Waals surface area contributed by atoms with E-state index in [1.165, 1.54) is 0 Å². The minimum atomic E-state index is -1.13. The number of hydrogen-bond acceptors (Lipinski definition) is 8. The number of benzene rings is 2. The van der Waals surface area contributed by atoms with Crippen LogP contribution in [0.15, 0.2) is 77.9 Å². The topological polar surface area (TPSA) is 136 Å². The van der Waals surface area contributed by atoms with Crippen molar-refractivity contribution in [3.8, 4) is 0 Å². The molecule has 182 valence electrons. The van der Waals surface area contributed by atoms with Gasteiger partial charge in [0, 0.05) is 24.2 Å². The molecule has 1 aromatic heterocycles. The lowest BCUT2D eigenvalue weighted by Crippen LogP contribution is -2.43. The Hall–Kier alpha value is -4.57. The van der Waals surface area contributed by atoms with Gasteiger partial charge in [0.2, 0.25) is 12.1 Å². The number of amidine groups is 1. The molecule has 2 aromatic carbocycles. The van der Waals surface area contributed by atoms with E-state index in [1.807, 2.05) is 54.6 Å². The van der Waals surface area contributed by atoms with Crippen LogP contribution in [0.25, 0.3) is 0 Å². The van der Waals surface area contributed by atoms with Gasteiger partial charge in [0.15, 0.2) is 0 Å². The number of rotatable bonds is 4. The van der Waals surface area contributed by atoms with Crippen LogP contribution in [-0.2, 0) is 14.3 Å². The van der Waals surface area contributed by atoms with Crippen LogP contribution in [0.2, 0.25) is 0 Å². The number of aliphatic imine (C=N–C) groups is 1. The van der Waals surface area contributed by atoms with E-state index in [9.17, 15) is 4.79 Å². The summed E-state index contributed by atoms with van der Waals surface area (Å²) in [6.45, 7) is 2.89. The maximum Gasteiger partial charge on any atom is 0.290 e. The Morgan fingerprint density at radius 2 is 1.78 bits per heavy atom. The zero-order chi connectivity index (χ0) is 24.9. The molecule has 0 saturated carbocycles. The van der Waals surface area contributed by atoms with E-state index in [4.69, 9.17) is 20.3 Å². The lowest BCUT2D eigenvalue weighted by Gasteiger charge is -2.28. The van der Waals surface area contributed by atoms with E-state index >= 15 is 0 Å². The summed E-state index contributed by atoms with van der Waals surface area (Å²) in [5.41, 5.74) is 4.03. The molecule has 1 fully saturated rings. The number of ether oxygens (including phenoxy) is 2. The summed E-state index contributed by atoms with van der Waals surface area (Å²) < 4.78 is 10.7. The van der Waals surface area contributed by atoms with Gasteiger partial charge in [-0.3, -0.25) is 15.6 Å². The summed E-state index contributed by atoms with van der Waals surface area (Å²) in [5, 5.41) is 22.0. The molecule has 2 aliphatic heterocycles. The fraction of sp³-hybridized carbons (Fsp3) is 0.192. The molecular formula is C26H25N7O3. The Labute approximate surface area is 208 Å². The average Bonchev–Trinajstić information content (AvgIpc) is 3.06. The van der Waals surface area contributed by atoms with Crippen molar-refractivity contribution in [3.05, 3.63) is 89.7 Å². The first kappa shape index (κ1) is 23.2. The van der Waals surface area contributed by atoms with Gasteiger partial charge < -0.3 is 25.0 Å². The molecule has 2 aliphatic rings. The van der Waals surface area contributed by atoms with Crippen LogP contribution in [-0.4, -0.2) is 61.0 Å². The molecule has 10 heteroatoms. The molecule has 3 aromatic rings. The van der Waals surface area contributed by atoms with E-state index in [0.717, 1.165) is 29.9 Å². The van der Waals surface area contributed by atoms with Crippen molar-refractivity contribution >= 4 is 34.9 Å². The molecule has 36 heavy (non-hydrogen) atoms. The molecular weight excluding hydrogens is 458 g/mol. The number of nitrogens with one attached hydrogen (secondary N) is 4. The van der Waals surface area contributed by atoms with Gasteiger partial charge in [-0.2, -0.15) is 0 Å². The van der Waals surface area contributed by atoms with Crippen molar-refractivity contribution in [2.24, 2.45) is 4.99 Å². The number of pyridine rings is 1. The maximum atomic E-state index is 12.9. The Morgan fingerprint density at radius 1 is 1.03 bits per heavy atom. The van der Waals surface area contributed by atoms with Crippen molar-refractivity contribution in [3.63, 3.8) is 0 Å². The first-order chi connectivity index (χ1) is 17.6. The van der Waals surface area contributed by atoms with Crippen LogP contribution < -0.4 is 15.5 Å². The van der Waals surface area contributed by atoms with E-state index in [0.29, 0.717) is 24.6 Å². The Morgan fingerprint density at radius 3 is 2.53 bits per heavy atom. The van der Waals surface area contributed by atoms with E-state index in [1.54, 1.807) is 18.3 Å². The highest BCUT2D eigenvalue weighted by atomic mass is 16.5. The zero-order valence-electron chi connectivity index (χ0n) is 19.4. The number of aromatic nitrogens is 1. The Kier molecular flexibility index (Phi) is 6.67. The third-order valence-electron chi connectivity index (χ3n) is 5.82. The number of fused-ring (bicyclic) bond motifs is 1. The van der Waals surface area contributed by atoms with Crippen LogP contribution in [0.4, 0.5) is 11.4 Å². The lowest BCUT2D eigenvalue weighted by atomic mass is 10.0. The van der Waals surface area contributed by atoms with Gasteiger partial charge in [0.25, 0.3) is 11.9 Å². The molecule has 1 saturated heterocycles. The molecule has 0 spiro atoms. The van der Waals surface area contributed by atoms with Gasteiger partial charge in [-0.25, -0.2) is 9.98 Å². The van der Waals surface area contributed by atoms with Crippen LogP contribution in [0, 0.1) is 10.8 Å². The fourth-order valence-corrected chi connectivity index (χ4v) is 4.02. The highest BCUT2D eigenvalue weighted by Gasteiger charge is 2.27. The standard InChI is InChI=1S/C26H25N7O3/c27-23(21-11-10-18(16-29-21)33-12-14-35-15-13-33)36-26(28)32-24-25(34)30-20-9-5-4-8-19(20)22(31-24)17-6-2-1-3-7-17/h1-11,16,24,27H,12-15H2,(H2,28,32)(H,30,34). The van der Waals surface area contributed by atoms with Gasteiger partial charge in [-0.15, -0.1) is 0 Å². The van der Waals surface area contributed by atoms with Gasteiger partial charge in [-0.05, 0) is 18.2 Å². The van der Waals surface area contributed by atoms with Gasteiger partial charge in [-0.1, -0.05) is 48.5 Å². The number of carbonyl (C=O) groups excluding carboxylic acids is 1. The highest BCUT2D eigenvalue weighted by Crippen LogP contribution is 2.23. The number of carbonyl (C=O) groups is 1. The average molecular weight is 484 g/mol. The molecule has 0 radical (unpaired) electrons. The first-order valence-electron chi connectivity index (χ1n) is 11.5. The van der Waals surface area contributed by atoms with Gasteiger partial charge >= 0.3 is 0 Å². The zero-order valence-corrected chi connectivity index (χ0v) is 19.4. The van der Waals surface area contributed by atoms with Gasteiger partial charge in [0.1, 0.15) is 5.69 Å². The molecule has 0 bridgehead atoms. The summed E-state index contributed by atoms with van der Waals surface area (Å²) >= 11 is 0. The number of anilines is 2. The van der Waals surface area contributed by atoms with Crippen LogP contribution in [0.1, 0.15) is 16.8 Å². The maximum absolute atomic E-state index is 12.9. The number of amides is 1. The van der Waals surface area contributed by atoms with Crippen molar-refractivity contribution < 1.29 is 14.3 Å². The summed E-state index contributed by atoms with van der Waals surface area (Å²) in [4.78, 5) is 24.0. The summed E-state index contributed by atoms with van der Waals surface area (Å²) in [6, 6.07) is 19.9. The van der Waals surface area contributed by atoms with Crippen molar-refractivity contribution in [1.29, 1.82) is 10.8 Å². The third kappa shape index (κ3) is 5.08. The highest BCUT2D eigenvalue weighted by molar-refractivity contribution is 6.19. The number of morpholine rings is 1. The largest absolute Gasteiger partial charge is 0.405 e. The Bertz CT molecular complexity index is 1300. The van der Waals surface area contributed by atoms with E-state index in [-0.39, 0.29) is 11.6 Å². The molecule has 5 rings (SSSR count). The molecule has 1 amide bonds. The predicted molar refractivity (Wildman–Crippen MR) is 137 cm³/mol. The second-order valence-electron chi connectivity index (χ2n) is 8.19. The minimum Gasteiger partial charge on any atom is -0.405 e. The summed E-state index contributed by atoms with van der Waals surface area (Å²) in [5.74, 6) is -0.758. The number of benzodiazepines with no additional fused rings is 1. The fourth-order valence-electron chi connectivity index (χ4n) is 4.02. The van der Waals surface area contributed by atoms with Crippen LogP contribution in [0.5, 0.6) is 0 Å². The minimum absolute atomic E-state index is 0.268. The van der Waals surface area contributed by atoms with E-state index in [2.05, 4.69) is 25.5 Å². The molecule has 1 unspecified atom stereocenters. The molecule has 4 N–H and O–H groups in total. The molecule has 10 nitrogen and oxygen atoms in total. The molecule has 1 atom stereocenters. The van der Waals surface area contributed by atoms with Gasteiger partial charge in [0.05, 0.1) is 36.5 Å². The monoisotopic (exact) mass is 483 g/mol. The SMILES string of the molecule is N=C(NC1N=C(c2ccccc2)c2ccccc2NC1=O)OC(=N)c1ccc(N2CCOCC2)cn1.